The summed E-state index contributed by atoms with van der Waals surface area (Å²) in [4.78, 5) is 15.0. The smallest absolute Gasteiger partial charge is 0.264 e. The lowest BCUT2D eigenvalue weighted by atomic mass is 10.1. The van der Waals surface area contributed by atoms with E-state index in [1.54, 1.807) is 12.1 Å². The Hall–Kier alpha value is -2.09. The minimum absolute atomic E-state index is 0.0665. The van der Waals surface area contributed by atoms with Crippen LogP contribution in [0, 0.1) is 6.92 Å². The normalized spacial score (nSPS) is 15.8. The number of hydrogen-bond donors (Lipinski definition) is 1. The van der Waals surface area contributed by atoms with Crippen LogP contribution in [0.2, 0.25) is 5.02 Å². The van der Waals surface area contributed by atoms with Gasteiger partial charge in [-0.15, -0.1) is 0 Å². The van der Waals surface area contributed by atoms with Gasteiger partial charge < -0.3 is 10.2 Å². The first-order valence-corrected chi connectivity index (χ1v) is 11.4. The number of aryl methyl sites for hydroxylation is 1. The van der Waals surface area contributed by atoms with E-state index in [4.69, 9.17) is 11.6 Å². The second kappa shape index (κ2) is 9.15. The number of anilines is 1. The van der Waals surface area contributed by atoms with Crippen LogP contribution in [0.5, 0.6) is 0 Å². The topological polar surface area (TPSA) is 69.7 Å². The third-order valence-electron chi connectivity index (χ3n) is 5.09. The number of benzene rings is 2. The minimum Gasteiger partial charge on any atom is -0.352 e. The lowest BCUT2D eigenvalue weighted by Crippen LogP contribution is -2.47. The molecule has 0 bridgehead atoms. The summed E-state index contributed by atoms with van der Waals surface area (Å²) in [5, 5.41) is 3.44. The van der Waals surface area contributed by atoms with Crippen molar-refractivity contribution in [1.82, 2.24) is 10.2 Å². The Morgan fingerprint density at radius 3 is 2.28 bits per heavy atom. The molecule has 0 aliphatic carbocycles. The first kappa shape index (κ1) is 21.6. The Bertz CT molecular complexity index is 938. The van der Waals surface area contributed by atoms with Crippen molar-refractivity contribution >= 4 is 33.2 Å². The van der Waals surface area contributed by atoms with E-state index in [0.29, 0.717) is 10.7 Å². The number of carbonyl (C=O) groups excluding carboxylic acids is 1. The molecule has 0 spiro atoms. The number of hydrogen-bond acceptors (Lipinski definition) is 4. The van der Waals surface area contributed by atoms with E-state index in [2.05, 4.69) is 17.3 Å². The van der Waals surface area contributed by atoms with E-state index >= 15 is 0 Å². The number of sulfonamides is 1. The van der Waals surface area contributed by atoms with Gasteiger partial charge in [0, 0.05) is 11.1 Å². The highest BCUT2D eigenvalue weighted by Gasteiger charge is 2.28. The zero-order valence-electron chi connectivity index (χ0n) is 16.6. The summed E-state index contributed by atoms with van der Waals surface area (Å²) >= 11 is 5.90. The van der Waals surface area contributed by atoms with Crippen molar-refractivity contribution < 1.29 is 13.2 Å². The van der Waals surface area contributed by atoms with Crippen molar-refractivity contribution in [3.63, 3.8) is 0 Å². The second-order valence-electron chi connectivity index (χ2n) is 7.45. The molecule has 0 aromatic heterocycles. The van der Waals surface area contributed by atoms with E-state index in [0.717, 1.165) is 35.8 Å². The second-order valence-corrected chi connectivity index (χ2v) is 9.74. The van der Waals surface area contributed by atoms with Crippen molar-refractivity contribution in [1.29, 1.82) is 0 Å². The molecule has 1 saturated heterocycles. The fraction of sp³-hybridized carbons (Fsp3) is 0.381. The molecule has 2 aromatic carbocycles. The maximum atomic E-state index is 13.3. The van der Waals surface area contributed by atoms with Crippen molar-refractivity contribution in [3.8, 4) is 0 Å². The number of rotatable bonds is 6. The van der Waals surface area contributed by atoms with Gasteiger partial charge in [-0.3, -0.25) is 9.10 Å². The van der Waals surface area contributed by atoms with E-state index < -0.39 is 10.0 Å². The number of nitrogens with one attached hydrogen (secondary N) is 1. The molecule has 0 saturated carbocycles. The van der Waals surface area contributed by atoms with Crippen LogP contribution >= 0.6 is 11.6 Å². The molecule has 1 aliphatic heterocycles. The predicted molar refractivity (Wildman–Crippen MR) is 116 cm³/mol. The Balaban J connectivity index is 1.84. The zero-order chi connectivity index (χ0) is 21.0. The molecule has 0 radical (unpaired) electrons. The van der Waals surface area contributed by atoms with Crippen LogP contribution in [0.4, 0.5) is 5.69 Å². The van der Waals surface area contributed by atoms with Crippen molar-refractivity contribution in [2.24, 2.45) is 0 Å². The highest BCUT2D eigenvalue weighted by Crippen LogP contribution is 2.25. The van der Waals surface area contributed by atoms with Gasteiger partial charge in [-0.2, -0.15) is 0 Å². The predicted octanol–water partition coefficient (Wildman–Crippen LogP) is 3.05. The summed E-state index contributed by atoms with van der Waals surface area (Å²) in [6.45, 7) is 3.47. The largest absolute Gasteiger partial charge is 0.352 e. The molecule has 1 aliphatic rings. The third-order valence-corrected chi connectivity index (χ3v) is 7.13. The molecule has 156 valence electrons. The summed E-state index contributed by atoms with van der Waals surface area (Å²) in [5.74, 6) is -0.308. The van der Waals surface area contributed by atoms with Crippen LogP contribution in [0.1, 0.15) is 18.4 Å². The Morgan fingerprint density at radius 1 is 1.10 bits per heavy atom. The van der Waals surface area contributed by atoms with Gasteiger partial charge in [-0.25, -0.2) is 8.42 Å². The van der Waals surface area contributed by atoms with Crippen LogP contribution in [-0.2, 0) is 14.8 Å². The van der Waals surface area contributed by atoms with Gasteiger partial charge in [0.25, 0.3) is 10.0 Å². The van der Waals surface area contributed by atoms with E-state index in [9.17, 15) is 13.2 Å². The zero-order valence-corrected chi connectivity index (χ0v) is 18.2. The SMILES string of the molecule is Cc1ccc(N(CC(=O)NC2CCN(C)CC2)S(=O)(=O)c2ccc(Cl)cc2)cc1. The number of likely N-dealkylation sites (tertiary alicyclic amines) is 1. The molecule has 1 heterocycles. The standard InChI is InChI=1S/C21H26ClN3O3S/c1-16-3-7-19(8-4-16)25(29(27,28)20-9-5-17(22)6-10-20)15-21(26)23-18-11-13-24(2)14-12-18/h3-10,18H,11-15H2,1-2H3,(H,23,26). The summed E-state index contributed by atoms with van der Waals surface area (Å²) in [7, 11) is -1.87. The summed E-state index contributed by atoms with van der Waals surface area (Å²) in [5.41, 5.74) is 1.46. The molecule has 8 heteroatoms. The van der Waals surface area contributed by atoms with Crippen LogP contribution in [0.25, 0.3) is 0 Å². The highest BCUT2D eigenvalue weighted by atomic mass is 35.5. The van der Waals surface area contributed by atoms with Crippen LogP contribution < -0.4 is 9.62 Å². The molecule has 3 rings (SSSR count). The molecular weight excluding hydrogens is 410 g/mol. The molecule has 29 heavy (non-hydrogen) atoms. The fourth-order valence-corrected chi connectivity index (χ4v) is 4.86. The highest BCUT2D eigenvalue weighted by molar-refractivity contribution is 7.92. The Morgan fingerprint density at radius 2 is 1.69 bits per heavy atom. The first-order chi connectivity index (χ1) is 13.8. The van der Waals surface area contributed by atoms with Gasteiger partial charge in [0.2, 0.25) is 5.91 Å². The van der Waals surface area contributed by atoms with Crippen LogP contribution in [0.15, 0.2) is 53.4 Å². The number of amides is 1. The van der Waals surface area contributed by atoms with Gasteiger partial charge in [0.1, 0.15) is 6.54 Å². The van der Waals surface area contributed by atoms with E-state index in [1.807, 2.05) is 19.1 Å². The van der Waals surface area contributed by atoms with Gasteiger partial charge in [-0.1, -0.05) is 29.3 Å². The minimum atomic E-state index is -3.92. The van der Waals surface area contributed by atoms with Crippen LogP contribution in [0.3, 0.4) is 0 Å². The monoisotopic (exact) mass is 435 g/mol. The van der Waals surface area contributed by atoms with Crippen molar-refractivity contribution in [2.75, 3.05) is 31.0 Å². The average Bonchev–Trinajstić information content (AvgIpc) is 2.69. The molecule has 1 fully saturated rings. The van der Waals surface area contributed by atoms with Gasteiger partial charge in [-0.05, 0) is 76.3 Å². The molecule has 0 atom stereocenters. The number of nitrogens with zero attached hydrogens (tertiary/aromatic N) is 2. The molecule has 2 aromatic rings. The first-order valence-electron chi connectivity index (χ1n) is 9.58. The lowest BCUT2D eigenvalue weighted by Gasteiger charge is -2.30. The number of piperidine rings is 1. The van der Waals surface area contributed by atoms with Crippen LogP contribution in [-0.4, -0.2) is 51.9 Å². The average molecular weight is 436 g/mol. The molecule has 0 unspecified atom stereocenters. The van der Waals surface area contributed by atoms with E-state index in [1.165, 1.54) is 24.3 Å². The molecule has 6 nitrogen and oxygen atoms in total. The van der Waals surface area contributed by atoms with Gasteiger partial charge in [0.05, 0.1) is 10.6 Å². The van der Waals surface area contributed by atoms with E-state index in [-0.39, 0.29) is 23.4 Å². The summed E-state index contributed by atoms with van der Waals surface area (Å²) < 4.78 is 27.7. The Kier molecular flexibility index (Phi) is 6.82. The molecule has 1 N–H and O–H groups in total. The third kappa shape index (κ3) is 5.50. The number of carbonyl (C=O) groups is 1. The van der Waals surface area contributed by atoms with Gasteiger partial charge >= 0.3 is 0 Å². The number of halogens is 1. The maximum Gasteiger partial charge on any atom is 0.264 e. The summed E-state index contributed by atoms with van der Waals surface area (Å²) in [6, 6.07) is 13.1. The molecule has 1 amide bonds. The fourth-order valence-electron chi connectivity index (χ4n) is 3.32. The van der Waals surface area contributed by atoms with Crippen molar-refractivity contribution in [3.05, 3.63) is 59.1 Å². The molecular formula is C21H26ClN3O3S. The quantitative estimate of drug-likeness (QED) is 0.757. The maximum absolute atomic E-state index is 13.3. The summed E-state index contributed by atoms with van der Waals surface area (Å²) in [6.07, 6.45) is 1.72. The van der Waals surface area contributed by atoms with Crippen molar-refractivity contribution in [2.45, 2.75) is 30.7 Å². The lowest BCUT2D eigenvalue weighted by molar-refractivity contribution is -0.120. The van der Waals surface area contributed by atoms with Gasteiger partial charge in [0.15, 0.2) is 0 Å². The Labute approximate surface area is 177 Å².